The highest BCUT2D eigenvalue weighted by atomic mass is 127. The Kier molecular flexibility index (Phi) is 17.8. The molecule has 2 saturated heterocycles. The zero-order valence-corrected chi connectivity index (χ0v) is 45.4. The van der Waals surface area contributed by atoms with Gasteiger partial charge in [-0.3, -0.25) is 9.69 Å². The molecule has 8 rings (SSSR count). The van der Waals surface area contributed by atoms with Crippen LogP contribution in [0.1, 0.15) is 87.5 Å². The molecule has 1 unspecified atom stereocenters. The molecule has 4 aliphatic rings. The average Bonchev–Trinajstić information content (AvgIpc) is 3.77. The molecule has 14 heteroatoms. The summed E-state index contributed by atoms with van der Waals surface area (Å²) in [5.74, 6) is 2.70. The SMILES string of the molecule is COc1ccc(CN(Cc2ccc(OC)cc2)S(=O)(=O)[C@H](C)[C@@H](C)C/C=C/C(C(=O)N(C)CCC2CCOCC2)N2CCC[C@H]2CN2C[C@@]3(CCCc4cc(Cl)ccc43)COc3ccc(I)cc32)cc1. The Bertz CT molecular complexity index is 2470. The van der Waals surface area contributed by atoms with E-state index in [9.17, 15) is 13.2 Å². The summed E-state index contributed by atoms with van der Waals surface area (Å²) in [4.78, 5) is 21.9. The fourth-order valence-corrected chi connectivity index (χ4v) is 13.6. The lowest BCUT2D eigenvalue weighted by Gasteiger charge is -2.42. The van der Waals surface area contributed by atoms with Gasteiger partial charge in [-0.1, -0.05) is 61.0 Å². The average molecular weight is 1110 g/mol. The Balaban J connectivity index is 1.05. The third-order valence-corrected chi connectivity index (χ3v) is 18.8. The summed E-state index contributed by atoms with van der Waals surface area (Å²) in [6.07, 6.45) is 12.7. The highest BCUT2D eigenvalue weighted by Crippen LogP contribution is 2.45. The summed E-state index contributed by atoms with van der Waals surface area (Å²) in [6, 6.07) is 27.6. The Morgan fingerprint density at radius 2 is 1.61 bits per heavy atom. The van der Waals surface area contributed by atoms with Gasteiger partial charge in [0.15, 0.2) is 0 Å². The number of hydrogen-bond donors (Lipinski definition) is 0. The number of likely N-dealkylation sites (N-methyl/N-ethyl adjacent to an activating group) is 1. The van der Waals surface area contributed by atoms with E-state index in [2.05, 4.69) is 74.9 Å². The van der Waals surface area contributed by atoms with E-state index in [0.717, 1.165) is 115 Å². The zero-order valence-electron chi connectivity index (χ0n) is 41.7. The molecule has 3 heterocycles. The van der Waals surface area contributed by atoms with Gasteiger partial charge in [0.05, 0.1) is 31.8 Å². The van der Waals surface area contributed by atoms with Crippen LogP contribution in [0.4, 0.5) is 5.69 Å². The lowest BCUT2D eigenvalue weighted by Crippen LogP contribution is -2.53. The van der Waals surface area contributed by atoms with E-state index < -0.39 is 21.3 Å². The molecule has 5 atom stereocenters. The van der Waals surface area contributed by atoms with Crippen molar-refractivity contribution in [1.82, 2.24) is 14.1 Å². The second-order valence-electron chi connectivity index (χ2n) is 20.2. The summed E-state index contributed by atoms with van der Waals surface area (Å²) in [7, 11) is 1.38. The number of methoxy groups -OCH3 is 2. The number of carbonyl (C=O) groups excluding carboxylic acids is 1. The molecule has 70 heavy (non-hydrogen) atoms. The number of nitrogens with zero attached hydrogens (tertiary/aromatic N) is 4. The number of anilines is 1. The largest absolute Gasteiger partial charge is 0.497 e. The van der Waals surface area contributed by atoms with E-state index in [1.54, 1.807) is 18.5 Å². The van der Waals surface area contributed by atoms with Crippen LogP contribution in [-0.2, 0) is 44.5 Å². The van der Waals surface area contributed by atoms with Crippen LogP contribution in [0.2, 0.25) is 5.02 Å². The summed E-state index contributed by atoms with van der Waals surface area (Å²) < 4.78 is 55.4. The molecule has 1 aliphatic carbocycles. The van der Waals surface area contributed by atoms with Crippen LogP contribution in [0.25, 0.3) is 0 Å². The van der Waals surface area contributed by atoms with E-state index in [1.165, 1.54) is 11.1 Å². The van der Waals surface area contributed by atoms with Crippen molar-refractivity contribution in [3.63, 3.8) is 0 Å². The predicted molar refractivity (Wildman–Crippen MR) is 289 cm³/mol. The van der Waals surface area contributed by atoms with Gasteiger partial charge in [-0.2, -0.15) is 4.31 Å². The van der Waals surface area contributed by atoms with E-state index in [0.29, 0.717) is 37.0 Å². The number of allylic oxidation sites excluding steroid dienone is 1. The Morgan fingerprint density at radius 3 is 2.29 bits per heavy atom. The standard InChI is InChI=1S/C56H72ClIN4O7S/c1-40(41(2)70(64,65)61(35-43-13-19-49(66-4)20-14-43)36-44-15-21-50(67-5)22-16-44)9-6-12-52(55(63)59(3)30-25-42-26-31-68-32-27-42)62-29-8-11-48(62)37-60-38-56(39-69-54-24-18-47(58)34-53(54)60)28-7-10-45-33-46(57)17-23-51(45)56/h6,12-24,33-34,40-42,48,52H,7-11,25-32,35-39H2,1-5H3/b12-6+/t40-,41+,48-,52?,56-/m0/s1. The maximum atomic E-state index is 15.0. The van der Waals surface area contributed by atoms with E-state index in [4.69, 9.17) is 30.5 Å². The summed E-state index contributed by atoms with van der Waals surface area (Å²) in [5, 5.41) is 0.0656. The number of halogens is 2. The van der Waals surface area contributed by atoms with Gasteiger partial charge in [0.2, 0.25) is 15.9 Å². The summed E-state index contributed by atoms with van der Waals surface area (Å²) in [6.45, 7) is 9.43. The number of amides is 1. The monoisotopic (exact) mass is 1110 g/mol. The number of rotatable bonds is 19. The number of benzene rings is 4. The molecule has 0 aromatic heterocycles. The van der Waals surface area contributed by atoms with Crippen molar-refractivity contribution in [2.24, 2.45) is 11.8 Å². The smallest absolute Gasteiger partial charge is 0.243 e. The van der Waals surface area contributed by atoms with Crippen LogP contribution in [0.3, 0.4) is 0 Å². The maximum absolute atomic E-state index is 15.0. The highest BCUT2D eigenvalue weighted by molar-refractivity contribution is 14.1. The van der Waals surface area contributed by atoms with Crippen molar-refractivity contribution in [1.29, 1.82) is 0 Å². The molecular formula is C56H72ClIN4O7S. The first-order chi connectivity index (χ1) is 33.8. The number of sulfonamides is 1. The van der Waals surface area contributed by atoms with Gasteiger partial charge in [-0.25, -0.2) is 8.42 Å². The topological polar surface area (TPSA) is 101 Å². The summed E-state index contributed by atoms with van der Waals surface area (Å²) in [5.41, 5.74) is 5.27. The van der Waals surface area contributed by atoms with Crippen molar-refractivity contribution >= 4 is 55.8 Å². The molecule has 0 saturated carbocycles. The first-order valence-corrected chi connectivity index (χ1v) is 28.2. The molecule has 3 aliphatic heterocycles. The van der Waals surface area contributed by atoms with Crippen molar-refractivity contribution in [3.8, 4) is 17.2 Å². The molecule has 4 aromatic rings. The fourth-order valence-electron chi connectivity index (χ4n) is 11.1. The highest BCUT2D eigenvalue weighted by Gasteiger charge is 2.44. The van der Waals surface area contributed by atoms with Crippen LogP contribution >= 0.6 is 34.2 Å². The van der Waals surface area contributed by atoms with Crippen LogP contribution < -0.4 is 19.1 Å². The molecule has 11 nitrogen and oxygen atoms in total. The molecule has 378 valence electrons. The minimum Gasteiger partial charge on any atom is -0.497 e. The number of aryl methyl sites for hydroxylation is 1. The van der Waals surface area contributed by atoms with Gasteiger partial charge in [0.25, 0.3) is 0 Å². The molecule has 4 aromatic carbocycles. The van der Waals surface area contributed by atoms with Crippen molar-refractivity contribution < 1.29 is 32.2 Å². The van der Waals surface area contributed by atoms with Gasteiger partial charge in [-0.15, -0.1) is 0 Å². The first-order valence-electron chi connectivity index (χ1n) is 25.2. The molecule has 0 bridgehead atoms. The van der Waals surface area contributed by atoms with Crippen molar-refractivity contribution in [2.75, 3.05) is 72.2 Å². The third-order valence-electron chi connectivity index (χ3n) is 15.5. The van der Waals surface area contributed by atoms with E-state index >= 15 is 0 Å². The van der Waals surface area contributed by atoms with Crippen molar-refractivity contribution in [3.05, 3.63) is 128 Å². The molecule has 1 spiro atoms. The van der Waals surface area contributed by atoms with Gasteiger partial charge in [-0.05, 0) is 183 Å². The summed E-state index contributed by atoms with van der Waals surface area (Å²) >= 11 is 8.97. The number of carbonyl (C=O) groups is 1. The van der Waals surface area contributed by atoms with Gasteiger partial charge in [0.1, 0.15) is 23.3 Å². The normalized spacial score (nSPS) is 21.2. The van der Waals surface area contributed by atoms with Gasteiger partial charge >= 0.3 is 0 Å². The minimum absolute atomic E-state index is 0.0809. The molecule has 0 radical (unpaired) electrons. The third kappa shape index (κ3) is 12.5. The van der Waals surface area contributed by atoms with E-state index in [-0.39, 0.29) is 36.4 Å². The van der Waals surface area contributed by atoms with Crippen LogP contribution in [0.15, 0.2) is 97.1 Å². The number of ether oxygens (including phenoxy) is 4. The first kappa shape index (κ1) is 52.5. The molecule has 2 fully saturated rings. The Hall–Kier alpha value is -3.86. The van der Waals surface area contributed by atoms with E-state index in [1.807, 2.05) is 80.4 Å². The lowest BCUT2D eigenvalue weighted by atomic mass is 9.70. The Morgan fingerprint density at radius 1 is 0.929 bits per heavy atom. The van der Waals surface area contributed by atoms with Crippen LogP contribution in [0, 0.1) is 15.4 Å². The lowest BCUT2D eigenvalue weighted by molar-refractivity contribution is -0.134. The number of likely N-dealkylation sites (tertiary alicyclic amines) is 1. The van der Waals surface area contributed by atoms with Gasteiger partial charge < -0.3 is 28.7 Å². The Labute approximate surface area is 436 Å². The van der Waals surface area contributed by atoms with Crippen LogP contribution in [0.5, 0.6) is 17.2 Å². The zero-order chi connectivity index (χ0) is 49.4. The number of hydrogen-bond acceptors (Lipinski definition) is 9. The number of fused-ring (bicyclic) bond motifs is 3. The predicted octanol–water partition coefficient (Wildman–Crippen LogP) is 10.5. The minimum atomic E-state index is -3.81. The molecule has 1 amide bonds. The molecule has 0 N–H and O–H groups in total. The van der Waals surface area contributed by atoms with Gasteiger partial charge in [0, 0.05) is 73.0 Å². The maximum Gasteiger partial charge on any atom is 0.243 e. The fraction of sp³-hybridized carbons (Fsp3) is 0.518. The van der Waals surface area contributed by atoms with Crippen LogP contribution in [-0.4, -0.2) is 113 Å². The molecular weight excluding hydrogens is 1040 g/mol. The second-order valence-corrected chi connectivity index (χ2v) is 24.1. The van der Waals surface area contributed by atoms with Crippen molar-refractivity contribution in [2.45, 2.75) is 107 Å². The quantitative estimate of drug-likeness (QED) is 0.0671. The second kappa shape index (κ2) is 23.8.